The van der Waals surface area contributed by atoms with Gasteiger partial charge in [0.1, 0.15) is 5.75 Å². The summed E-state index contributed by atoms with van der Waals surface area (Å²) in [6, 6.07) is 5.84. The van der Waals surface area contributed by atoms with Crippen LogP contribution in [-0.2, 0) is 6.54 Å². The first kappa shape index (κ1) is 11.4. The summed E-state index contributed by atoms with van der Waals surface area (Å²) >= 11 is 1.82. The van der Waals surface area contributed by atoms with Crippen molar-refractivity contribution < 1.29 is 5.11 Å². The van der Waals surface area contributed by atoms with E-state index in [0.29, 0.717) is 5.75 Å². The van der Waals surface area contributed by atoms with E-state index in [2.05, 4.69) is 11.6 Å². The predicted octanol–water partition coefficient (Wildman–Crippen LogP) is 2.15. The molecule has 1 aromatic carbocycles. The summed E-state index contributed by atoms with van der Waals surface area (Å²) in [4.78, 5) is 0. The highest BCUT2D eigenvalue weighted by atomic mass is 32.2. The number of aromatic hydroxyl groups is 1. The minimum atomic E-state index is 0.421. The van der Waals surface area contributed by atoms with E-state index in [4.69, 9.17) is 0 Å². The molecule has 0 unspecified atom stereocenters. The maximum absolute atomic E-state index is 9.71. The molecule has 0 saturated carbocycles. The third kappa shape index (κ3) is 3.24. The van der Waals surface area contributed by atoms with E-state index < -0.39 is 0 Å². The molecule has 14 heavy (non-hydrogen) atoms. The van der Waals surface area contributed by atoms with Crippen molar-refractivity contribution in [3.63, 3.8) is 0 Å². The Bertz CT molecular complexity index is 289. The summed E-state index contributed by atoms with van der Waals surface area (Å²) < 4.78 is 0. The van der Waals surface area contributed by atoms with Gasteiger partial charge in [-0.2, -0.15) is 11.8 Å². The number of aryl methyl sites for hydroxylation is 1. The van der Waals surface area contributed by atoms with Crippen molar-refractivity contribution in [1.82, 2.24) is 5.32 Å². The van der Waals surface area contributed by atoms with Crippen LogP contribution in [0.25, 0.3) is 0 Å². The van der Waals surface area contributed by atoms with Crippen LogP contribution in [0.4, 0.5) is 0 Å². The lowest BCUT2D eigenvalue weighted by Gasteiger charge is -2.07. The third-order valence-electron chi connectivity index (χ3n) is 2.12. The number of hydrogen-bond donors (Lipinski definition) is 2. The van der Waals surface area contributed by atoms with Crippen LogP contribution in [0.5, 0.6) is 5.75 Å². The second-order valence-electron chi connectivity index (χ2n) is 3.25. The number of phenolic OH excluding ortho intramolecular Hbond substituents is 1. The lowest BCUT2D eigenvalue weighted by molar-refractivity contribution is 0.461. The lowest BCUT2D eigenvalue weighted by Crippen LogP contribution is -2.16. The van der Waals surface area contributed by atoms with Crippen LogP contribution in [-0.4, -0.2) is 23.7 Å². The van der Waals surface area contributed by atoms with Gasteiger partial charge in [0.05, 0.1) is 0 Å². The lowest BCUT2D eigenvalue weighted by atomic mass is 10.1. The summed E-state index contributed by atoms with van der Waals surface area (Å²) in [6.07, 6.45) is 2.09. The molecular weight excluding hydrogens is 194 g/mol. The van der Waals surface area contributed by atoms with Crippen LogP contribution in [0, 0.1) is 6.92 Å². The quantitative estimate of drug-likeness (QED) is 0.732. The van der Waals surface area contributed by atoms with Gasteiger partial charge < -0.3 is 10.4 Å². The average molecular weight is 211 g/mol. The highest BCUT2D eigenvalue weighted by molar-refractivity contribution is 7.98. The van der Waals surface area contributed by atoms with Crippen LogP contribution >= 0.6 is 11.8 Å². The number of rotatable bonds is 5. The second kappa shape index (κ2) is 5.94. The van der Waals surface area contributed by atoms with Crippen molar-refractivity contribution in [3.8, 4) is 5.75 Å². The molecule has 0 atom stereocenters. The standard InChI is InChI=1S/C11H17NOS/c1-9-4-3-5-10(11(9)13)8-12-6-7-14-2/h3-5,12-13H,6-8H2,1-2H3. The zero-order valence-corrected chi connectivity index (χ0v) is 9.53. The van der Waals surface area contributed by atoms with E-state index >= 15 is 0 Å². The first-order valence-electron chi connectivity index (χ1n) is 4.73. The zero-order chi connectivity index (χ0) is 10.4. The van der Waals surface area contributed by atoms with Crippen molar-refractivity contribution in [1.29, 1.82) is 0 Å². The Balaban J connectivity index is 2.46. The molecule has 0 aliphatic carbocycles. The molecule has 0 aliphatic rings. The summed E-state index contributed by atoms with van der Waals surface area (Å²) in [6.45, 7) is 3.64. The van der Waals surface area contributed by atoms with Gasteiger partial charge >= 0.3 is 0 Å². The van der Waals surface area contributed by atoms with Gasteiger partial charge in [-0.3, -0.25) is 0 Å². The molecule has 3 heteroatoms. The Hall–Kier alpha value is -0.670. The highest BCUT2D eigenvalue weighted by Crippen LogP contribution is 2.20. The fourth-order valence-electron chi connectivity index (χ4n) is 1.26. The summed E-state index contributed by atoms with van der Waals surface area (Å²) in [7, 11) is 0. The number of benzene rings is 1. The zero-order valence-electron chi connectivity index (χ0n) is 8.71. The number of thioether (sulfide) groups is 1. The van der Waals surface area contributed by atoms with Gasteiger partial charge in [-0.1, -0.05) is 18.2 Å². The van der Waals surface area contributed by atoms with Crippen LogP contribution in [0.3, 0.4) is 0 Å². The smallest absolute Gasteiger partial charge is 0.122 e. The molecule has 0 spiro atoms. The molecule has 0 aromatic heterocycles. The molecule has 0 fully saturated rings. The van der Waals surface area contributed by atoms with E-state index in [1.807, 2.05) is 36.9 Å². The molecule has 2 nitrogen and oxygen atoms in total. The molecule has 0 amide bonds. The first-order valence-corrected chi connectivity index (χ1v) is 6.12. The minimum Gasteiger partial charge on any atom is -0.507 e. The van der Waals surface area contributed by atoms with Crippen molar-refractivity contribution in [2.45, 2.75) is 13.5 Å². The Morgan fingerprint density at radius 2 is 2.21 bits per heavy atom. The summed E-state index contributed by atoms with van der Waals surface area (Å²) in [5.74, 6) is 1.52. The second-order valence-corrected chi connectivity index (χ2v) is 4.24. The van der Waals surface area contributed by atoms with E-state index in [1.165, 1.54) is 0 Å². The fourth-order valence-corrected chi connectivity index (χ4v) is 1.61. The van der Waals surface area contributed by atoms with E-state index in [-0.39, 0.29) is 0 Å². The first-order chi connectivity index (χ1) is 6.75. The van der Waals surface area contributed by atoms with Crippen molar-refractivity contribution in [3.05, 3.63) is 29.3 Å². The van der Waals surface area contributed by atoms with Gasteiger partial charge in [0.25, 0.3) is 0 Å². The van der Waals surface area contributed by atoms with E-state index in [0.717, 1.165) is 30.0 Å². The van der Waals surface area contributed by atoms with Crippen molar-refractivity contribution in [2.75, 3.05) is 18.6 Å². The average Bonchev–Trinajstić information content (AvgIpc) is 2.19. The molecule has 1 aromatic rings. The molecule has 0 radical (unpaired) electrons. The largest absolute Gasteiger partial charge is 0.507 e. The van der Waals surface area contributed by atoms with Gasteiger partial charge in [0.2, 0.25) is 0 Å². The number of hydrogen-bond acceptors (Lipinski definition) is 3. The van der Waals surface area contributed by atoms with Crippen LogP contribution in [0.2, 0.25) is 0 Å². The molecule has 2 N–H and O–H groups in total. The SMILES string of the molecule is CSCCNCc1cccc(C)c1O. The highest BCUT2D eigenvalue weighted by Gasteiger charge is 2.01. The Labute approximate surface area is 89.7 Å². The number of nitrogens with one attached hydrogen (secondary N) is 1. The number of phenols is 1. The van der Waals surface area contributed by atoms with Gasteiger partial charge in [0, 0.05) is 24.4 Å². The topological polar surface area (TPSA) is 32.3 Å². The molecule has 1 rings (SSSR count). The van der Waals surface area contributed by atoms with Crippen LogP contribution < -0.4 is 5.32 Å². The van der Waals surface area contributed by atoms with Crippen molar-refractivity contribution >= 4 is 11.8 Å². The van der Waals surface area contributed by atoms with Gasteiger partial charge in [-0.15, -0.1) is 0 Å². The van der Waals surface area contributed by atoms with E-state index in [9.17, 15) is 5.11 Å². The summed E-state index contributed by atoms with van der Waals surface area (Å²) in [5.41, 5.74) is 1.92. The maximum atomic E-state index is 9.71. The van der Waals surface area contributed by atoms with Gasteiger partial charge in [0.15, 0.2) is 0 Å². The molecule has 78 valence electrons. The molecule has 0 aliphatic heterocycles. The van der Waals surface area contributed by atoms with Crippen LogP contribution in [0.15, 0.2) is 18.2 Å². The van der Waals surface area contributed by atoms with Gasteiger partial charge in [-0.25, -0.2) is 0 Å². The Morgan fingerprint density at radius 1 is 1.43 bits per heavy atom. The molecule has 0 bridgehead atoms. The Kier molecular flexibility index (Phi) is 4.84. The molecule has 0 heterocycles. The fraction of sp³-hybridized carbons (Fsp3) is 0.455. The van der Waals surface area contributed by atoms with E-state index in [1.54, 1.807) is 0 Å². The molecular formula is C11H17NOS. The predicted molar refractivity (Wildman–Crippen MR) is 62.9 cm³/mol. The third-order valence-corrected chi connectivity index (χ3v) is 2.73. The van der Waals surface area contributed by atoms with Gasteiger partial charge in [-0.05, 0) is 18.7 Å². The van der Waals surface area contributed by atoms with Crippen LogP contribution in [0.1, 0.15) is 11.1 Å². The minimum absolute atomic E-state index is 0.421. The monoisotopic (exact) mass is 211 g/mol. The molecule has 0 saturated heterocycles. The Morgan fingerprint density at radius 3 is 2.93 bits per heavy atom. The normalized spacial score (nSPS) is 10.4. The maximum Gasteiger partial charge on any atom is 0.122 e. The van der Waals surface area contributed by atoms with Crippen molar-refractivity contribution in [2.24, 2.45) is 0 Å². The number of para-hydroxylation sites is 1. The summed E-state index contributed by atoms with van der Waals surface area (Å²) in [5, 5.41) is 13.0.